The number of esters is 1. The van der Waals surface area contributed by atoms with E-state index in [1.165, 1.54) is 25.7 Å². The molecule has 1 aliphatic carbocycles. The van der Waals surface area contributed by atoms with E-state index in [-0.39, 0.29) is 17.3 Å². The standard InChI is InChI=1S/C24H35NO3/c1-3-5-6-7-8-15-24(19-25)16-13-20(14-17-24)23(26)28-22-11-9-21(10-12-22)27-18-4-2/h9-12,20H,3-8,13-18H2,1-2H3/t20-,24+. The SMILES string of the molecule is CCCCCCC[C@]1(C#N)CC[C@@H](C(=O)Oc2ccc(OCCC)cc2)CC1. The summed E-state index contributed by atoms with van der Waals surface area (Å²) in [6, 6.07) is 9.80. The van der Waals surface area contributed by atoms with E-state index in [9.17, 15) is 10.1 Å². The third kappa shape index (κ3) is 6.86. The number of benzene rings is 1. The Labute approximate surface area is 170 Å². The molecule has 2 rings (SSSR count). The zero-order chi connectivity index (χ0) is 20.2. The fourth-order valence-corrected chi connectivity index (χ4v) is 3.91. The number of nitrogens with zero attached hydrogens (tertiary/aromatic N) is 1. The second-order valence-electron chi connectivity index (χ2n) is 8.07. The fourth-order valence-electron chi connectivity index (χ4n) is 3.91. The lowest BCUT2D eigenvalue weighted by molar-refractivity contribution is -0.140. The third-order valence-corrected chi connectivity index (χ3v) is 5.79. The predicted octanol–water partition coefficient (Wildman–Crippen LogP) is 6.44. The molecule has 1 aromatic rings. The van der Waals surface area contributed by atoms with E-state index in [0.29, 0.717) is 12.4 Å². The minimum atomic E-state index is -0.235. The maximum atomic E-state index is 12.5. The molecule has 1 fully saturated rings. The van der Waals surface area contributed by atoms with Gasteiger partial charge in [-0.1, -0.05) is 46.0 Å². The van der Waals surface area contributed by atoms with Crippen LogP contribution in [0.15, 0.2) is 24.3 Å². The summed E-state index contributed by atoms with van der Waals surface area (Å²) in [6.45, 7) is 4.96. The third-order valence-electron chi connectivity index (χ3n) is 5.79. The van der Waals surface area contributed by atoms with Crippen LogP contribution in [0.5, 0.6) is 11.5 Å². The number of carbonyl (C=O) groups is 1. The molecule has 0 aromatic heterocycles. The van der Waals surface area contributed by atoms with E-state index in [1.807, 2.05) is 12.1 Å². The number of rotatable bonds is 11. The topological polar surface area (TPSA) is 59.3 Å². The Hall–Kier alpha value is -2.02. The van der Waals surface area contributed by atoms with Gasteiger partial charge >= 0.3 is 5.97 Å². The quantitative estimate of drug-likeness (QED) is 0.250. The van der Waals surface area contributed by atoms with Gasteiger partial charge in [0.2, 0.25) is 0 Å². The first-order valence-electron chi connectivity index (χ1n) is 11.0. The van der Waals surface area contributed by atoms with Crippen molar-refractivity contribution in [3.05, 3.63) is 24.3 Å². The van der Waals surface area contributed by atoms with Crippen LogP contribution in [0.2, 0.25) is 0 Å². The molecule has 1 aromatic carbocycles. The highest BCUT2D eigenvalue weighted by atomic mass is 16.5. The van der Waals surface area contributed by atoms with Crippen LogP contribution in [0.4, 0.5) is 0 Å². The van der Waals surface area contributed by atoms with Gasteiger partial charge in [-0.15, -0.1) is 0 Å². The normalized spacial score (nSPS) is 21.7. The Morgan fingerprint density at radius 3 is 2.29 bits per heavy atom. The first-order chi connectivity index (χ1) is 13.6. The summed E-state index contributed by atoms with van der Waals surface area (Å²) in [7, 11) is 0. The highest BCUT2D eigenvalue weighted by molar-refractivity contribution is 5.75. The number of ether oxygens (including phenoxy) is 2. The molecule has 4 nitrogen and oxygen atoms in total. The average Bonchev–Trinajstić information content (AvgIpc) is 2.73. The van der Waals surface area contributed by atoms with Gasteiger partial charge in [0.25, 0.3) is 0 Å². The molecule has 28 heavy (non-hydrogen) atoms. The number of nitriles is 1. The Morgan fingerprint density at radius 1 is 1.04 bits per heavy atom. The Kier molecular flexibility index (Phi) is 9.34. The Morgan fingerprint density at radius 2 is 1.68 bits per heavy atom. The fraction of sp³-hybridized carbons (Fsp3) is 0.667. The van der Waals surface area contributed by atoms with Gasteiger partial charge in [-0.25, -0.2) is 0 Å². The molecular weight excluding hydrogens is 350 g/mol. The van der Waals surface area contributed by atoms with Crippen molar-refractivity contribution in [3.8, 4) is 17.6 Å². The summed E-state index contributed by atoms with van der Waals surface area (Å²) >= 11 is 0. The van der Waals surface area contributed by atoms with Gasteiger partial charge in [-0.05, 0) is 62.8 Å². The number of hydrogen-bond acceptors (Lipinski definition) is 4. The van der Waals surface area contributed by atoms with Gasteiger partial charge in [0.15, 0.2) is 0 Å². The molecule has 0 aliphatic heterocycles. The minimum absolute atomic E-state index is 0.0995. The summed E-state index contributed by atoms with van der Waals surface area (Å²) in [4.78, 5) is 12.5. The second-order valence-corrected chi connectivity index (χ2v) is 8.07. The average molecular weight is 386 g/mol. The molecule has 1 aliphatic rings. The maximum absolute atomic E-state index is 12.5. The molecule has 0 N–H and O–H groups in total. The number of unbranched alkanes of at least 4 members (excludes halogenated alkanes) is 4. The molecule has 0 heterocycles. The van der Waals surface area contributed by atoms with Gasteiger partial charge in [-0.3, -0.25) is 4.79 Å². The molecule has 0 amide bonds. The van der Waals surface area contributed by atoms with Gasteiger partial charge in [0.05, 0.1) is 24.0 Å². The van der Waals surface area contributed by atoms with Crippen molar-refractivity contribution >= 4 is 5.97 Å². The van der Waals surface area contributed by atoms with Gasteiger partial charge < -0.3 is 9.47 Å². The zero-order valence-electron chi connectivity index (χ0n) is 17.5. The highest BCUT2D eigenvalue weighted by Crippen LogP contribution is 2.42. The number of hydrogen-bond donors (Lipinski definition) is 0. The van der Waals surface area contributed by atoms with Gasteiger partial charge in [-0.2, -0.15) is 5.26 Å². The summed E-state index contributed by atoms with van der Waals surface area (Å²) in [5, 5.41) is 9.71. The number of carbonyl (C=O) groups excluding carboxylic acids is 1. The molecule has 0 unspecified atom stereocenters. The monoisotopic (exact) mass is 385 g/mol. The summed E-state index contributed by atoms with van der Waals surface area (Å²) in [5.74, 6) is 1.08. The first kappa shape index (κ1) is 22.3. The molecule has 0 bridgehead atoms. The molecule has 0 spiro atoms. The van der Waals surface area contributed by atoms with E-state index in [0.717, 1.165) is 50.7 Å². The first-order valence-corrected chi connectivity index (χ1v) is 11.0. The van der Waals surface area contributed by atoms with Crippen LogP contribution in [0.25, 0.3) is 0 Å². The lowest BCUT2D eigenvalue weighted by Crippen LogP contribution is -2.31. The predicted molar refractivity (Wildman–Crippen MR) is 111 cm³/mol. The van der Waals surface area contributed by atoms with Crippen molar-refractivity contribution in [2.45, 2.75) is 84.5 Å². The van der Waals surface area contributed by atoms with E-state index in [1.54, 1.807) is 12.1 Å². The Bertz CT molecular complexity index is 624. The smallest absolute Gasteiger partial charge is 0.314 e. The van der Waals surface area contributed by atoms with Crippen LogP contribution in [0, 0.1) is 22.7 Å². The Balaban J connectivity index is 1.78. The highest BCUT2D eigenvalue weighted by Gasteiger charge is 2.37. The van der Waals surface area contributed by atoms with Crippen LogP contribution < -0.4 is 9.47 Å². The lowest BCUT2D eigenvalue weighted by atomic mass is 9.69. The molecule has 154 valence electrons. The van der Waals surface area contributed by atoms with Crippen molar-refractivity contribution < 1.29 is 14.3 Å². The van der Waals surface area contributed by atoms with Crippen molar-refractivity contribution in [2.24, 2.45) is 11.3 Å². The minimum Gasteiger partial charge on any atom is -0.494 e. The van der Waals surface area contributed by atoms with Crippen LogP contribution in [0.1, 0.15) is 84.5 Å². The molecule has 1 saturated carbocycles. The van der Waals surface area contributed by atoms with Crippen LogP contribution >= 0.6 is 0 Å². The van der Waals surface area contributed by atoms with Gasteiger partial charge in [0, 0.05) is 0 Å². The molecule has 0 radical (unpaired) electrons. The van der Waals surface area contributed by atoms with Crippen molar-refractivity contribution in [3.63, 3.8) is 0 Å². The molecule has 4 heteroatoms. The van der Waals surface area contributed by atoms with Crippen molar-refractivity contribution in [1.29, 1.82) is 5.26 Å². The van der Waals surface area contributed by atoms with Crippen molar-refractivity contribution in [2.75, 3.05) is 6.61 Å². The molecule has 0 saturated heterocycles. The summed E-state index contributed by atoms with van der Waals surface area (Å²) in [6.07, 6.45) is 11.1. The van der Waals surface area contributed by atoms with E-state index >= 15 is 0 Å². The van der Waals surface area contributed by atoms with E-state index in [2.05, 4.69) is 19.9 Å². The molecular formula is C24H35NO3. The summed E-state index contributed by atoms with van der Waals surface area (Å²) < 4.78 is 11.1. The second kappa shape index (κ2) is 11.7. The largest absolute Gasteiger partial charge is 0.494 e. The van der Waals surface area contributed by atoms with Crippen LogP contribution in [-0.4, -0.2) is 12.6 Å². The van der Waals surface area contributed by atoms with Gasteiger partial charge in [0.1, 0.15) is 11.5 Å². The maximum Gasteiger partial charge on any atom is 0.314 e. The zero-order valence-corrected chi connectivity index (χ0v) is 17.5. The summed E-state index contributed by atoms with van der Waals surface area (Å²) in [5.41, 5.74) is -0.235. The van der Waals surface area contributed by atoms with Crippen LogP contribution in [0.3, 0.4) is 0 Å². The van der Waals surface area contributed by atoms with E-state index in [4.69, 9.17) is 9.47 Å². The van der Waals surface area contributed by atoms with E-state index < -0.39 is 0 Å². The molecule has 0 atom stereocenters. The van der Waals surface area contributed by atoms with Crippen molar-refractivity contribution in [1.82, 2.24) is 0 Å². The van der Waals surface area contributed by atoms with Crippen LogP contribution in [-0.2, 0) is 4.79 Å². The lowest BCUT2D eigenvalue weighted by Gasteiger charge is -2.34.